The number of hydrogen-bond acceptors (Lipinski definition) is 3. The molecule has 5 nitrogen and oxygen atoms in total. The largest absolute Gasteiger partial charge is 0.351 e. The molecule has 1 amide bonds. The first-order valence-electron chi connectivity index (χ1n) is 3.92. The number of aromatic amines is 1. The molecule has 1 aromatic rings. The zero-order chi connectivity index (χ0) is 9.68. The van der Waals surface area contributed by atoms with E-state index in [4.69, 9.17) is 0 Å². The normalized spacial score (nSPS) is 12.1. The second kappa shape index (κ2) is 4.39. The second-order valence-electron chi connectivity index (χ2n) is 2.71. The van der Waals surface area contributed by atoms with E-state index in [2.05, 4.69) is 15.3 Å². The Bertz CT molecular complexity index is 282. The highest BCUT2D eigenvalue weighted by atomic mass is 16.2. The van der Waals surface area contributed by atoms with E-state index in [0.29, 0.717) is 12.7 Å². The molecule has 1 aromatic heterocycles. The molecule has 0 saturated heterocycles. The lowest BCUT2D eigenvalue weighted by Crippen LogP contribution is -2.36. The van der Waals surface area contributed by atoms with Crippen LogP contribution in [0.5, 0.6) is 0 Å². The molecule has 0 bridgehead atoms. The first kappa shape index (κ1) is 9.44. The lowest BCUT2D eigenvalue weighted by atomic mass is 10.2. The van der Waals surface area contributed by atoms with Crippen molar-refractivity contribution >= 4 is 12.2 Å². The number of nitrogens with zero attached hydrogens (tertiary/aromatic N) is 1. The Hall–Kier alpha value is -1.65. The van der Waals surface area contributed by atoms with Crippen LogP contribution >= 0.6 is 0 Å². The van der Waals surface area contributed by atoms with Crippen molar-refractivity contribution in [2.45, 2.75) is 19.4 Å². The Morgan fingerprint density at radius 2 is 2.62 bits per heavy atom. The highest BCUT2D eigenvalue weighted by Crippen LogP contribution is 1.95. The van der Waals surface area contributed by atoms with Gasteiger partial charge in [0.15, 0.2) is 0 Å². The molecule has 70 valence electrons. The molecule has 1 atom stereocenters. The Morgan fingerprint density at radius 1 is 1.85 bits per heavy atom. The Kier molecular flexibility index (Phi) is 3.19. The summed E-state index contributed by atoms with van der Waals surface area (Å²) in [5.74, 6) is -0.215. The molecule has 0 aliphatic rings. The average Bonchev–Trinajstić information content (AvgIpc) is 2.55. The van der Waals surface area contributed by atoms with Crippen LogP contribution in [-0.2, 0) is 16.0 Å². The molecule has 13 heavy (non-hydrogen) atoms. The molecule has 0 aliphatic carbocycles. The van der Waals surface area contributed by atoms with Gasteiger partial charge in [-0.3, -0.25) is 4.79 Å². The van der Waals surface area contributed by atoms with Crippen LogP contribution in [0.3, 0.4) is 0 Å². The number of H-pyrrole nitrogens is 1. The SMILES string of the molecule is CC(=O)NC(C=O)Cc1c[nH]cn1. The van der Waals surface area contributed by atoms with Crippen LogP contribution in [0.2, 0.25) is 0 Å². The van der Waals surface area contributed by atoms with E-state index in [-0.39, 0.29) is 5.91 Å². The number of hydrogen-bond donors (Lipinski definition) is 2. The molecule has 2 N–H and O–H groups in total. The zero-order valence-corrected chi connectivity index (χ0v) is 7.28. The Morgan fingerprint density at radius 3 is 3.08 bits per heavy atom. The minimum atomic E-state index is -0.485. The molecule has 1 rings (SSSR count). The summed E-state index contributed by atoms with van der Waals surface area (Å²) in [6.07, 6.45) is 4.35. The fraction of sp³-hybridized carbons (Fsp3) is 0.375. The molecule has 0 aliphatic heterocycles. The predicted octanol–water partition coefficient (Wildman–Crippen LogP) is -0.344. The van der Waals surface area contributed by atoms with Crippen molar-refractivity contribution in [3.63, 3.8) is 0 Å². The van der Waals surface area contributed by atoms with E-state index in [9.17, 15) is 9.59 Å². The van der Waals surface area contributed by atoms with Gasteiger partial charge in [-0.05, 0) is 0 Å². The maximum Gasteiger partial charge on any atom is 0.217 e. The molecule has 0 aromatic carbocycles. The standard InChI is InChI=1S/C8H11N3O2/c1-6(13)11-8(4-12)2-7-3-9-5-10-7/h3-5,8H,2H2,1H3,(H,9,10)(H,11,13). The summed E-state index contributed by atoms with van der Waals surface area (Å²) in [5.41, 5.74) is 0.755. The van der Waals surface area contributed by atoms with Crippen molar-refractivity contribution in [2.75, 3.05) is 0 Å². The predicted molar refractivity (Wildman–Crippen MR) is 46.0 cm³/mol. The zero-order valence-electron chi connectivity index (χ0n) is 7.28. The number of imidazole rings is 1. The van der Waals surface area contributed by atoms with Crippen LogP contribution in [0.25, 0.3) is 0 Å². The van der Waals surface area contributed by atoms with Gasteiger partial charge in [0, 0.05) is 19.5 Å². The summed E-state index contributed by atoms with van der Waals surface area (Å²) in [6, 6.07) is -0.485. The minimum absolute atomic E-state index is 0.215. The molecule has 1 heterocycles. The van der Waals surface area contributed by atoms with Crippen molar-refractivity contribution in [3.8, 4) is 0 Å². The van der Waals surface area contributed by atoms with Crippen molar-refractivity contribution in [1.82, 2.24) is 15.3 Å². The van der Waals surface area contributed by atoms with Crippen LogP contribution in [0.4, 0.5) is 0 Å². The molecular formula is C8H11N3O2. The van der Waals surface area contributed by atoms with Gasteiger partial charge in [0.1, 0.15) is 6.29 Å². The van der Waals surface area contributed by atoms with Gasteiger partial charge in [0.2, 0.25) is 5.91 Å². The van der Waals surface area contributed by atoms with Crippen molar-refractivity contribution in [1.29, 1.82) is 0 Å². The van der Waals surface area contributed by atoms with Crippen molar-refractivity contribution < 1.29 is 9.59 Å². The van der Waals surface area contributed by atoms with E-state index < -0.39 is 6.04 Å². The third kappa shape index (κ3) is 3.06. The first-order valence-corrected chi connectivity index (χ1v) is 3.92. The molecule has 0 radical (unpaired) electrons. The summed E-state index contributed by atoms with van der Waals surface area (Å²) >= 11 is 0. The molecule has 0 spiro atoms. The highest BCUT2D eigenvalue weighted by Gasteiger charge is 2.09. The number of rotatable bonds is 4. The Balaban J connectivity index is 2.49. The van der Waals surface area contributed by atoms with Crippen molar-refractivity contribution in [2.24, 2.45) is 0 Å². The van der Waals surface area contributed by atoms with Gasteiger partial charge < -0.3 is 15.1 Å². The van der Waals surface area contributed by atoms with Crippen LogP contribution in [0.15, 0.2) is 12.5 Å². The number of aromatic nitrogens is 2. The van der Waals surface area contributed by atoms with Gasteiger partial charge >= 0.3 is 0 Å². The third-order valence-electron chi connectivity index (χ3n) is 1.54. The summed E-state index contributed by atoms with van der Waals surface area (Å²) in [5, 5.41) is 2.51. The molecule has 0 saturated carbocycles. The Labute approximate surface area is 75.6 Å². The van der Waals surface area contributed by atoms with Crippen LogP contribution in [0, 0.1) is 0 Å². The monoisotopic (exact) mass is 181 g/mol. The maximum atomic E-state index is 10.6. The van der Waals surface area contributed by atoms with E-state index in [1.807, 2.05) is 0 Å². The summed E-state index contributed by atoms with van der Waals surface area (Å²) in [7, 11) is 0. The van der Waals surface area contributed by atoms with E-state index in [1.165, 1.54) is 13.3 Å². The number of aldehydes is 1. The van der Waals surface area contributed by atoms with Gasteiger partial charge in [-0.1, -0.05) is 0 Å². The van der Waals surface area contributed by atoms with E-state index >= 15 is 0 Å². The number of nitrogens with one attached hydrogen (secondary N) is 2. The first-order chi connectivity index (χ1) is 6.22. The maximum absolute atomic E-state index is 10.6. The van der Waals surface area contributed by atoms with Gasteiger partial charge in [-0.25, -0.2) is 4.98 Å². The molecule has 5 heteroatoms. The highest BCUT2D eigenvalue weighted by molar-refractivity contribution is 5.77. The second-order valence-corrected chi connectivity index (χ2v) is 2.71. The number of carbonyl (C=O) groups is 2. The number of amides is 1. The van der Waals surface area contributed by atoms with Gasteiger partial charge in [0.25, 0.3) is 0 Å². The van der Waals surface area contributed by atoms with Crippen LogP contribution in [0.1, 0.15) is 12.6 Å². The van der Waals surface area contributed by atoms with E-state index in [0.717, 1.165) is 5.69 Å². The lowest BCUT2D eigenvalue weighted by Gasteiger charge is -2.08. The molecule has 0 fully saturated rings. The summed E-state index contributed by atoms with van der Waals surface area (Å²) in [6.45, 7) is 1.38. The smallest absolute Gasteiger partial charge is 0.217 e. The quantitative estimate of drug-likeness (QED) is 0.624. The fourth-order valence-electron chi connectivity index (χ4n) is 1.02. The average molecular weight is 181 g/mol. The van der Waals surface area contributed by atoms with Gasteiger partial charge in [0.05, 0.1) is 18.1 Å². The van der Waals surface area contributed by atoms with Crippen LogP contribution in [-0.4, -0.2) is 28.2 Å². The summed E-state index contributed by atoms with van der Waals surface area (Å²) in [4.78, 5) is 27.9. The van der Waals surface area contributed by atoms with E-state index in [1.54, 1.807) is 6.20 Å². The summed E-state index contributed by atoms with van der Waals surface area (Å²) < 4.78 is 0. The molecule has 1 unspecified atom stereocenters. The lowest BCUT2D eigenvalue weighted by molar-refractivity contribution is -0.122. The topological polar surface area (TPSA) is 74.8 Å². The number of carbonyl (C=O) groups excluding carboxylic acids is 2. The molecular weight excluding hydrogens is 170 g/mol. The van der Waals surface area contributed by atoms with Gasteiger partial charge in [-0.15, -0.1) is 0 Å². The minimum Gasteiger partial charge on any atom is -0.351 e. The van der Waals surface area contributed by atoms with Gasteiger partial charge in [-0.2, -0.15) is 0 Å². The third-order valence-corrected chi connectivity index (χ3v) is 1.54. The van der Waals surface area contributed by atoms with Crippen molar-refractivity contribution in [3.05, 3.63) is 18.2 Å². The fourth-order valence-corrected chi connectivity index (χ4v) is 1.02. The van der Waals surface area contributed by atoms with Crippen LogP contribution < -0.4 is 5.32 Å².